The molecule has 0 atom stereocenters. The number of carbonyl (C=O) groups excluding carboxylic acids is 2. The number of carbonyl (C=O) groups is 3. The maximum atomic E-state index is 11.7. The number of carboxylic acid groups (broad SMARTS) is 1. The number of amides is 2. The highest BCUT2D eigenvalue weighted by atomic mass is 16.4. The Morgan fingerprint density at radius 1 is 1.20 bits per heavy atom. The van der Waals surface area contributed by atoms with Crippen molar-refractivity contribution in [3.63, 3.8) is 0 Å². The Bertz CT molecular complexity index is 527. The van der Waals surface area contributed by atoms with Crippen LogP contribution in [0.25, 0.3) is 0 Å². The number of nitrogens with one attached hydrogen (secondary N) is 2. The lowest BCUT2D eigenvalue weighted by molar-refractivity contribution is -0.137. The van der Waals surface area contributed by atoms with Gasteiger partial charge in [-0.25, -0.2) is 0 Å². The summed E-state index contributed by atoms with van der Waals surface area (Å²) < 4.78 is 0. The number of aryl methyl sites for hydroxylation is 1. The number of rotatable bonds is 6. The molecule has 0 bridgehead atoms. The van der Waals surface area contributed by atoms with E-state index in [0.717, 1.165) is 5.56 Å². The summed E-state index contributed by atoms with van der Waals surface area (Å²) in [5.74, 6) is -2.22. The third kappa shape index (κ3) is 4.97. The number of carboxylic acids is 1. The first-order valence-electron chi connectivity index (χ1n) is 5.96. The van der Waals surface area contributed by atoms with Gasteiger partial charge in [0, 0.05) is 13.0 Å². The number of phenolic OH excluding ortho intramolecular Hbond substituents is 1. The lowest BCUT2D eigenvalue weighted by Gasteiger charge is -2.07. The Balaban J connectivity index is 2.40. The topological polar surface area (TPSA) is 116 Å². The number of phenols is 1. The molecule has 0 aliphatic rings. The molecule has 0 unspecified atom stereocenters. The molecule has 0 saturated heterocycles. The molecule has 4 N–H and O–H groups in total. The van der Waals surface area contributed by atoms with Gasteiger partial charge in [0.05, 0.1) is 5.56 Å². The molecule has 2 amide bonds. The molecule has 7 nitrogen and oxygen atoms in total. The molecular weight excluding hydrogens is 264 g/mol. The standard InChI is InChI=1S/C13H16N2O5/c1-8-2-3-9(10(16)6-8)13(20)14-5-4-11(17)15-7-12(18)19/h2-3,6,16H,4-5,7H2,1H3,(H,14,20)(H,15,17)(H,18,19). The average Bonchev–Trinajstić information content (AvgIpc) is 2.36. The van der Waals surface area contributed by atoms with Crippen molar-refractivity contribution in [3.05, 3.63) is 29.3 Å². The first-order valence-corrected chi connectivity index (χ1v) is 5.96. The highest BCUT2D eigenvalue weighted by Gasteiger charge is 2.11. The molecule has 108 valence electrons. The van der Waals surface area contributed by atoms with E-state index in [0.29, 0.717) is 0 Å². The van der Waals surface area contributed by atoms with Crippen molar-refractivity contribution in [2.75, 3.05) is 13.1 Å². The second kappa shape index (κ2) is 7.13. The number of hydrogen-bond donors (Lipinski definition) is 4. The van der Waals surface area contributed by atoms with Crippen LogP contribution in [0.4, 0.5) is 0 Å². The van der Waals surface area contributed by atoms with Crippen LogP contribution in [-0.4, -0.2) is 41.1 Å². The predicted molar refractivity (Wildman–Crippen MR) is 70.4 cm³/mol. The first-order chi connectivity index (χ1) is 9.40. The molecule has 0 aliphatic heterocycles. The minimum atomic E-state index is -1.13. The summed E-state index contributed by atoms with van der Waals surface area (Å²) >= 11 is 0. The summed E-state index contributed by atoms with van der Waals surface area (Å²) in [5, 5.41) is 22.6. The lowest BCUT2D eigenvalue weighted by atomic mass is 10.1. The summed E-state index contributed by atoms with van der Waals surface area (Å²) in [6.07, 6.45) is -0.0361. The van der Waals surface area contributed by atoms with Gasteiger partial charge in [-0.2, -0.15) is 0 Å². The largest absolute Gasteiger partial charge is 0.507 e. The maximum absolute atomic E-state index is 11.7. The van der Waals surface area contributed by atoms with Crippen molar-refractivity contribution in [3.8, 4) is 5.75 Å². The van der Waals surface area contributed by atoms with Gasteiger partial charge >= 0.3 is 5.97 Å². The summed E-state index contributed by atoms with van der Waals surface area (Å²) in [4.78, 5) is 33.2. The van der Waals surface area contributed by atoms with Crippen LogP contribution in [0.15, 0.2) is 18.2 Å². The van der Waals surface area contributed by atoms with Crippen LogP contribution in [0.1, 0.15) is 22.3 Å². The van der Waals surface area contributed by atoms with Crippen LogP contribution < -0.4 is 10.6 Å². The monoisotopic (exact) mass is 280 g/mol. The van der Waals surface area contributed by atoms with Crippen molar-refractivity contribution in [1.82, 2.24) is 10.6 Å². The smallest absolute Gasteiger partial charge is 0.322 e. The van der Waals surface area contributed by atoms with Crippen molar-refractivity contribution >= 4 is 17.8 Å². The van der Waals surface area contributed by atoms with Gasteiger partial charge in [0.1, 0.15) is 12.3 Å². The molecule has 20 heavy (non-hydrogen) atoms. The van der Waals surface area contributed by atoms with E-state index < -0.39 is 24.3 Å². The van der Waals surface area contributed by atoms with E-state index in [4.69, 9.17) is 5.11 Å². The Morgan fingerprint density at radius 2 is 1.90 bits per heavy atom. The molecule has 7 heteroatoms. The van der Waals surface area contributed by atoms with Gasteiger partial charge in [-0.1, -0.05) is 6.07 Å². The van der Waals surface area contributed by atoms with Gasteiger partial charge in [-0.3, -0.25) is 14.4 Å². The van der Waals surface area contributed by atoms with Crippen molar-refractivity contribution < 1.29 is 24.6 Å². The molecule has 0 saturated carbocycles. The molecule has 1 aromatic carbocycles. The quantitative estimate of drug-likeness (QED) is 0.586. The van der Waals surface area contributed by atoms with Gasteiger partial charge in [0.25, 0.3) is 5.91 Å². The van der Waals surface area contributed by atoms with Crippen molar-refractivity contribution in [2.24, 2.45) is 0 Å². The fourth-order valence-corrected chi connectivity index (χ4v) is 1.48. The minimum Gasteiger partial charge on any atom is -0.507 e. The van der Waals surface area contributed by atoms with Gasteiger partial charge in [-0.15, -0.1) is 0 Å². The highest BCUT2D eigenvalue weighted by Crippen LogP contribution is 2.17. The summed E-state index contributed by atoms with van der Waals surface area (Å²) in [6.45, 7) is 1.39. The molecule has 0 aromatic heterocycles. The van der Waals surface area contributed by atoms with Crippen molar-refractivity contribution in [2.45, 2.75) is 13.3 Å². The molecule has 0 fully saturated rings. The van der Waals surface area contributed by atoms with E-state index in [1.54, 1.807) is 13.0 Å². The van der Waals surface area contributed by atoms with Crippen LogP contribution >= 0.6 is 0 Å². The molecule has 0 aliphatic carbocycles. The third-order valence-electron chi connectivity index (χ3n) is 2.47. The normalized spacial score (nSPS) is 9.85. The van der Waals surface area contributed by atoms with Crippen LogP contribution in [0.2, 0.25) is 0 Å². The van der Waals surface area contributed by atoms with Gasteiger partial charge < -0.3 is 20.8 Å². The van der Waals surface area contributed by atoms with E-state index in [2.05, 4.69) is 10.6 Å². The number of aromatic hydroxyl groups is 1. The third-order valence-corrected chi connectivity index (χ3v) is 2.47. The fraction of sp³-hybridized carbons (Fsp3) is 0.308. The van der Waals surface area contributed by atoms with E-state index in [1.807, 2.05) is 0 Å². The van der Waals surface area contributed by atoms with Crippen LogP contribution in [0, 0.1) is 6.92 Å². The van der Waals surface area contributed by atoms with E-state index in [-0.39, 0.29) is 24.3 Å². The fourth-order valence-electron chi connectivity index (χ4n) is 1.48. The zero-order valence-electron chi connectivity index (χ0n) is 11.0. The molecule has 1 rings (SSSR count). The number of aliphatic carboxylic acids is 1. The SMILES string of the molecule is Cc1ccc(C(=O)NCCC(=O)NCC(=O)O)c(O)c1. The Morgan fingerprint density at radius 3 is 2.50 bits per heavy atom. The zero-order valence-corrected chi connectivity index (χ0v) is 11.0. The molecule has 1 aromatic rings. The maximum Gasteiger partial charge on any atom is 0.322 e. The summed E-state index contributed by atoms with van der Waals surface area (Å²) in [5.41, 5.74) is 0.952. The average molecular weight is 280 g/mol. The van der Waals surface area contributed by atoms with E-state index in [9.17, 15) is 19.5 Å². The Labute approximate surface area is 115 Å². The van der Waals surface area contributed by atoms with Gasteiger partial charge in [-0.05, 0) is 24.6 Å². The number of benzene rings is 1. The van der Waals surface area contributed by atoms with Crippen LogP contribution in [0.5, 0.6) is 5.75 Å². The first kappa shape index (κ1) is 15.5. The predicted octanol–water partition coefficient (Wildman–Crippen LogP) is 0.0213. The van der Waals surface area contributed by atoms with Crippen LogP contribution in [-0.2, 0) is 9.59 Å². The Kier molecular flexibility index (Phi) is 5.52. The summed E-state index contributed by atoms with van der Waals surface area (Å²) in [7, 11) is 0. The second-order valence-corrected chi connectivity index (χ2v) is 4.20. The van der Waals surface area contributed by atoms with Crippen molar-refractivity contribution in [1.29, 1.82) is 0 Å². The van der Waals surface area contributed by atoms with E-state index >= 15 is 0 Å². The van der Waals surface area contributed by atoms with Gasteiger partial charge in [0.15, 0.2) is 0 Å². The molecule has 0 radical (unpaired) electrons. The zero-order chi connectivity index (χ0) is 15.1. The van der Waals surface area contributed by atoms with Crippen LogP contribution in [0.3, 0.4) is 0 Å². The lowest BCUT2D eigenvalue weighted by Crippen LogP contribution is -2.33. The molecule has 0 heterocycles. The summed E-state index contributed by atoms with van der Waals surface area (Å²) in [6, 6.07) is 4.65. The highest BCUT2D eigenvalue weighted by molar-refractivity contribution is 5.97. The molecule has 0 spiro atoms. The van der Waals surface area contributed by atoms with E-state index in [1.165, 1.54) is 12.1 Å². The Hall–Kier alpha value is -2.57. The minimum absolute atomic E-state index is 0.0361. The van der Waals surface area contributed by atoms with Gasteiger partial charge in [0.2, 0.25) is 5.91 Å². The molecular formula is C13H16N2O5. The number of hydrogen-bond acceptors (Lipinski definition) is 4. The second-order valence-electron chi connectivity index (χ2n) is 4.20.